The second kappa shape index (κ2) is 10.7. The van der Waals surface area contributed by atoms with E-state index in [1.54, 1.807) is 48.5 Å². The van der Waals surface area contributed by atoms with Crippen LogP contribution in [0.4, 0.5) is 11.4 Å². The van der Waals surface area contributed by atoms with Crippen molar-refractivity contribution in [2.24, 2.45) is 0 Å². The Morgan fingerprint density at radius 3 is 1.45 bits per heavy atom. The lowest BCUT2D eigenvalue weighted by Crippen LogP contribution is -2.13. The average Bonchev–Trinajstić information content (AvgIpc) is 3.27. The van der Waals surface area contributed by atoms with E-state index in [1.807, 2.05) is 0 Å². The monoisotopic (exact) mass is 452 g/mol. The van der Waals surface area contributed by atoms with Crippen molar-refractivity contribution in [2.45, 2.75) is 25.7 Å². The fourth-order valence-electron chi connectivity index (χ4n) is 2.86. The van der Waals surface area contributed by atoms with Crippen molar-refractivity contribution >= 4 is 35.1 Å². The number of nitrogens with one attached hydrogen (secondary N) is 2. The minimum atomic E-state index is -1.08. The first kappa shape index (κ1) is 23.1. The van der Waals surface area contributed by atoms with Crippen molar-refractivity contribution in [1.29, 1.82) is 0 Å². The van der Waals surface area contributed by atoms with E-state index in [-0.39, 0.29) is 37.5 Å². The lowest BCUT2D eigenvalue weighted by molar-refractivity contribution is -0.138. The first-order valence-electron chi connectivity index (χ1n) is 9.89. The van der Waals surface area contributed by atoms with E-state index in [4.69, 9.17) is 14.6 Å². The molecule has 170 valence electrons. The van der Waals surface area contributed by atoms with Crippen LogP contribution in [0.5, 0.6) is 0 Å². The summed E-state index contributed by atoms with van der Waals surface area (Å²) in [6.45, 7) is 0. The fraction of sp³-hybridized carbons (Fsp3) is 0.182. The van der Waals surface area contributed by atoms with Gasteiger partial charge in [-0.25, -0.2) is 0 Å². The molecule has 0 fully saturated rings. The number of hydrogen-bond acceptors (Lipinski definition) is 7. The maximum absolute atomic E-state index is 12.1. The number of carboxylic acids is 2. The van der Waals surface area contributed by atoms with Gasteiger partial charge in [0.15, 0.2) is 0 Å². The van der Waals surface area contributed by atoms with Crippen LogP contribution >= 0.6 is 0 Å². The molecule has 2 aromatic carbocycles. The number of para-hydroxylation sites is 2. The molecular formula is C22H20N4O7. The Labute approximate surface area is 187 Å². The van der Waals surface area contributed by atoms with Crippen molar-refractivity contribution in [3.63, 3.8) is 0 Å². The molecule has 0 radical (unpaired) electrons. The number of rotatable bonds is 10. The first-order chi connectivity index (χ1) is 15.8. The quantitative estimate of drug-likeness (QED) is 0.361. The molecule has 11 heteroatoms. The number of hydrogen-bond donors (Lipinski definition) is 4. The van der Waals surface area contributed by atoms with Crippen LogP contribution < -0.4 is 10.6 Å². The summed E-state index contributed by atoms with van der Waals surface area (Å²) >= 11 is 0. The predicted octanol–water partition coefficient (Wildman–Crippen LogP) is 3.01. The van der Waals surface area contributed by atoms with Gasteiger partial charge in [-0.05, 0) is 24.3 Å². The summed E-state index contributed by atoms with van der Waals surface area (Å²) in [5.41, 5.74) is 1.61. The van der Waals surface area contributed by atoms with Gasteiger partial charge < -0.3 is 25.3 Å². The second-order valence-electron chi connectivity index (χ2n) is 6.89. The van der Waals surface area contributed by atoms with Gasteiger partial charge in [0.25, 0.3) is 0 Å². The number of benzene rings is 2. The first-order valence-corrected chi connectivity index (χ1v) is 9.89. The number of carbonyl (C=O) groups is 4. The lowest BCUT2D eigenvalue weighted by atomic mass is 10.1. The number of anilines is 2. The van der Waals surface area contributed by atoms with Gasteiger partial charge >= 0.3 is 11.9 Å². The zero-order valence-electron chi connectivity index (χ0n) is 17.3. The molecule has 4 N–H and O–H groups in total. The van der Waals surface area contributed by atoms with Crippen molar-refractivity contribution in [3.05, 3.63) is 48.5 Å². The van der Waals surface area contributed by atoms with E-state index < -0.39 is 23.8 Å². The Kier molecular flexibility index (Phi) is 7.47. The molecule has 33 heavy (non-hydrogen) atoms. The van der Waals surface area contributed by atoms with Gasteiger partial charge in [-0.3, -0.25) is 19.2 Å². The van der Waals surface area contributed by atoms with E-state index in [0.717, 1.165) is 0 Å². The summed E-state index contributed by atoms with van der Waals surface area (Å²) in [4.78, 5) is 45.5. The van der Waals surface area contributed by atoms with Crippen molar-refractivity contribution in [1.82, 2.24) is 10.2 Å². The zero-order valence-corrected chi connectivity index (χ0v) is 17.3. The molecule has 3 aromatic rings. The van der Waals surface area contributed by atoms with Gasteiger partial charge in [0.05, 0.1) is 35.3 Å². The summed E-state index contributed by atoms with van der Waals surface area (Å²) in [6.07, 6.45) is -0.969. The number of carboxylic acid groups (broad SMARTS) is 2. The largest absolute Gasteiger partial charge is 0.481 e. The number of aliphatic carboxylic acids is 2. The Balaban J connectivity index is 1.81. The van der Waals surface area contributed by atoms with Crippen molar-refractivity contribution < 1.29 is 33.8 Å². The number of carbonyl (C=O) groups excluding carboxylic acids is 2. The van der Waals surface area contributed by atoms with Crippen LogP contribution in [0.25, 0.3) is 22.9 Å². The lowest BCUT2D eigenvalue weighted by Gasteiger charge is -2.09. The summed E-state index contributed by atoms with van der Waals surface area (Å²) in [7, 11) is 0. The summed E-state index contributed by atoms with van der Waals surface area (Å²) in [6, 6.07) is 13.4. The molecule has 3 rings (SSSR count). The zero-order chi connectivity index (χ0) is 23.8. The maximum atomic E-state index is 12.1. The molecular weight excluding hydrogens is 432 g/mol. The standard InChI is InChI=1S/C22H20N4O7/c27-17(9-11-19(29)30)23-15-7-3-1-5-13(15)21-25-26-22(33-21)14-6-2-4-8-16(14)24-18(28)10-12-20(31)32/h1-8H,9-12H2,(H,23,27)(H,24,28)(H,29,30)(H,31,32). The van der Waals surface area contributed by atoms with Crippen LogP contribution in [0.2, 0.25) is 0 Å². The van der Waals surface area contributed by atoms with Gasteiger partial charge in [-0.2, -0.15) is 0 Å². The molecule has 0 saturated carbocycles. The van der Waals surface area contributed by atoms with Crippen molar-refractivity contribution in [2.75, 3.05) is 10.6 Å². The van der Waals surface area contributed by atoms with Crippen LogP contribution in [-0.4, -0.2) is 44.2 Å². The Morgan fingerprint density at radius 1 is 0.667 bits per heavy atom. The average molecular weight is 452 g/mol. The highest BCUT2D eigenvalue weighted by molar-refractivity contribution is 5.97. The minimum Gasteiger partial charge on any atom is -0.481 e. The van der Waals surface area contributed by atoms with Crippen LogP contribution in [0.15, 0.2) is 52.9 Å². The third kappa shape index (κ3) is 6.47. The molecule has 0 aliphatic heterocycles. The van der Waals surface area contributed by atoms with Crippen LogP contribution in [-0.2, 0) is 19.2 Å². The molecule has 0 bridgehead atoms. The Bertz CT molecular complexity index is 1100. The Morgan fingerprint density at radius 2 is 1.06 bits per heavy atom. The van der Waals surface area contributed by atoms with Gasteiger partial charge in [-0.15, -0.1) is 10.2 Å². The normalized spacial score (nSPS) is 10.4. The van der Waals surface area contributed by atoms with Crippen LogP contribution in [0.3, 0.4) is 0 Å². The smallest absolute Gasteiger partial charge is 0.303 e. The van der Waals surface area contributed by atoms with E-state index in [1.165, 1.54) is 0 Å². The highest BCUT2D eigenvalue weighted by Gasteiger charge is 2.18. The van der Waals surface area contributed by atoms with E-state index >= 15 is 0 Å². The molecule has 2 amide bonds. The molecule has 0 atom stereocenters. The summed E-state index contributed by atoms with van der Waals surface area (Å²) < 4.78 is 5.78. The minimum absolute atomic E-state index is 0.103. The molecule has 0 aliphatic rings. The third-order valence-corrected chi connectivity index (χ3v) is 4.42. The van der Waals surface area contributed by atoms with Crippen LogP contribution in [0, 0.1) is 0 Å². The molecule has 0 unspecified atom stereocenters. The van der Waals surface area contributed by atoms with E-state index in [9.17, 15) is 19.2 Å². The SMILES string of the molecule is O=C(O)CCC(=O)Nc1ccccc1-c1nnc(-c2ccccc2NC(=O)CCC(=O)O)o1. The predicted molar refractivity (Wildman–Crippen MR) is 116 cm³/mol. The molecule has 0 saturated heterocycles. The van der Waals surface area contributed by atoms with Gasteiger partial charge in [0.2, 0.25) is 23.6 Å². The highest BCUT2D eigenvalue weighted by Crippen LogP contribution is 2.32. The van der Waals surface area contributed by atoms with E-state index in [0.29, 0.717) is 22.5 Å². The maximum Gasteiger partial charge on any atom is 0.303 e. The van der Waals surface area contributed by atoms with Gasteiger partial charge in [-0.1, -0.05) is 24.3 Å². The second-order valence-corrected chi connectivity index (χ2v) is 6.89. The molecule has 1 heterocycles. The number of amides is 2. The Hall–Kier alpha value is -4.54. The van der Waals surface area contributed by atoms with Gasteiger partial charge in [0, 0.05) is 12.8 Å². The third-order valence-electron chi connectivity index (χ3n) is 4.42. The number of aromatic nitrogens is 2. The molecule has 0 spiro atoms. The molecule has 1 aromatic heterocycles. The van der Waals surface area contributed by atoms with E-state index in [2.05, 4.69) is 20.8 Å². The van der Waals surface area contributed by atoms with Gasteiger partial charge in [0.1, 0.15) is 0 Å². The molecule has 11 nitrogen and oxygen atoms in total. The number of nitrogens with zero attached hydrogens (tertiary/aromatic N) is 2. The topological polar surface area (TPSA) is 172 Å². The fourth-order valence-corrected chi connectivity index (χ4v) is 2.86. The van der Waals surface area contributed by atoms with Crippen molar-refractivity contribution in [3.8, 4) is 22.9 Å². The summed E-state index contributed by atoms with van der Waals surface area (Å²) in [5.74, 6) is -2.89. The summed E-state index contributed by atoms with van der Waals surface area (Å²) in [5, 5.41) is 30.8. The highest BCUT2D eigenvalue weighted by atomic mass is 16.4. The molecule has 0 aliphatic carbocycles. The van der Waals surface area contributed by atoms with Crippen LogP contribution in [0.1, 0.15) is 25.7 Å².